The van der Waals surface area contributed by atoms with E-state index in [-0.39, 0.29) is 24.7 Å². The second-order valence-electron chi connectivity index (χ2n) is 6.96. The molecule has 5 nitrogen and oxygen atoms in total. The van der Waals surface area contributed by atoms with Crippen LogP contribution in [0, 0.1) is 0 Å². The van der Waals surface area contributed by atoms with Crippen LogP contribution in [0.5, 0.6) is 5.75 Å². The van der Waals surface area contributed by atoms with Crippen LogP contribution in [0.1, 0.15) is 30.0 Å². The fourth-order valence-electron chi connectivity index (χ4n) is 3.40. The van der Waals surface area contributed by atoms with E-state index >= 15 is 0 Å². The highest BCUT2D eigenvalue weighted by atomic mass is 16.5. The fourth-order valence-corrected chi connectivity index (χ4v) is 3.40. The summed E-state index contributed by atoms with van der Waals surface area (Å²) in [5, 5.41) is 0.908. The lowest BCUT2D eigenvalue weighted by Crippen LogP contribution is -2.50. The van der Waals surface area contributed by atoms with Crippen LogP contribution in [0.15, 0.2) is 59.0 Å². The van der Waals surface area contributed by atoms with Crippen LogP contribution in [0.2, 0.25) is 0 Å². The van der Waals surface area contributed by atoms with Gasteiger partial charge in [0.1, 0.15) is 17.9 Å². The van der Waals surface area contributed by atoms with Gasteiger partial charge in [-0.2, -0.15) is 0 Å². The van der Waals surface area contributed by atoms with Gasteiger partial charge in [0, 0.05) is 17.5 Å². The Morgan fingerprint density at radius 2 is 1.85 bits per heavy atom. The van der Waals surface area contributed by atoms with Crippen LogP contribution in [0.25, 0.3) is 11.0 Å². The first-order valence-electron chi connectivity index (χ1n) is 9.24. The van der Waals surface area contributed by atoms with E-state index < -0.39 is 0 Å². The number of furan rings is 1. The molecule has 1 saturated heterocycles. The average Bonchev–Trinajstić information content (AvgIpc) is 3.07. The van der Waals surface area contributed by atoms with Gasteiger partial charge in [0.15, 0.2) is 5.76 Å². The number of amides is 1. The molecule has 0 radical (unpaired) electrons. The van der Waals surface area contributed by atoms with Gasteiger partial charge in [-0.05, 0) is 32.0 Å². The van der Waals surface area contributed by atoms with Crippen LogP contribution in [-0.4, -0.2) is 36.1 Å². The normalized spacial score (nSPS) is 20.0. The fraction of sp³-hybridized carbons (Fsp3) is 0.318. The molecule has 1 aromatic heterocycles. The number of hydrogen-bond donors (Lipinski definition) is 0. The van der Waals surface area contributed by atoms with Crippen molar-refractivity contribution in [1.29, 1.82) is 0 Å². The Bertz CT molecular complexity index is 934. The number of benzene rings is 2. The molecule has 1 aliphatic heterocycles. The maximum atomic E-state index is 13.3. The van der Waals surface area contributed by atoms with E-state index in [1.165, 1.54) is 0 Å². The lowest BCUT2D eigenvalue weighted by Gasteiger charge is -2.36. The molecule has 4 rings (SSSR count). The molecule has 27 heavy (non-hydrogen) atoms. The molecule has 1 aliphatic rings. The molecular formula is C22H23NO4. The number of rotatable bonds is 4. The van der Waals surface area contributed by atoms with E-state index in [0.29, 0.717) is 24.5 Å². The zero-order chi connectivity index (χ0) is 18.8. The van der Waals surface area contributed by atoms with E-state index in [9.17, 15) is 4.79 Å². The lowest BCUT2D eigenvalue weighted by atomic mass is 10.1. The minimum absolute atomic E-state index is 0.00445. The third kappa shape index (κ3) is 3.55. The van der Waals surface area contributed by atoms with Crippen molar-refractivity contribution in [3.05, 3.63) is 65.9 Å². The monoisotopic (exact) mass is 365 g/mol. The summed E-state index contributed by atoms with van der Waals surface area (Å²) < 4.78 is 17.6. The van der Waals surface area contributed by atoms with Crippen LogP contribution < -0.4 is 4.74 Å². The molecule has 0 aliphatic carbocycles. The van der Waals surface area contributed by atoms with Gasteiger partial charge in [0.25, 0.3) is 5.91 Å². The highest BCUT2D eigenvalue weighted by Gasteiger charge is 2.32. The quantitative estimate of drug-likeness (QED) is 0.693. The van der Waals surface area contributed by atoms with Crippen molar-refractivity contribution < 1.29 is 18.7 Å². The van der Waals surface area contributed by atoms with Gasteiger partial charge in [0.05, 0.1) is 18.8 Å². The largest absolute Gasteiger partial charge is 0.489 e. The van der Waals surface area contributed by atoms with Crippen molar-refractivity contribution in [2.75, 3.05) is 13.2 Å². The molecule has 1 amide bonds. The van der Waals surface area contributed by atoms with E-state index in [2.05, 4.69) is 0 Å². The highest BCUT2D eigenvalue weighted by molar-refractivity contribution is 5.99. The molecule has 0 spiro atoms. The SMILES string of the molecule is CC1CN(C(=O)c2oc3ccccc3c2COc2ccccc2)C(C)CO1. The third-order valence-electron chi connectivity index (χ3n) is 4.89. The molecule has 140 valence electrons. The molecule has 2 aromatic carbocycles. The molecule has 2 atom stereocenters. The Balaban J connectivity index is 1.68. The van der Waals surface area contributed by atoms with E-state index in [4.69, 9.17) is 13.9 Å². The summed E-state index contributed by atoms with van der Waals surface area (Å²) in [7, 11) is 0. The number of carbonyl (C=O) groups is 1. The van der Waals surface area contributed by atoms with E-state index in [0.717, 1.165) is 16.7 Å². The number of nitrogens with zero attached hydrogens (tertiary/aromatic N) is 1. The first-order chi connectivity index (χ1) is 13.1. The number of morpholine rings is 1. The summed E-state index contributed by atoms with van der Waals surface area (Å²) in [6.07, 6.45) is 0.0125. The minimum Gasteiger partial charge on any atom is -0.489 e. The van der Waals surface area contributed by atoms with Crippen molar-refractivity contribution in [3.63, 3.8) is 0 Å². The van der Waals surface area contributed by atoms with Crippen molar-refractivity contribution in [2.45, 2.75) is 32.6 Å². The summed E-state index contributed by atoms with van der Waals surface area (Å²) in [6.45, 7) is 5.33. The topological polar surface area (TPSA) is 51.9 Å². The Morgan fingerprint density at radius 3 is 2.67 bits per heavy atom. The zero-order valence-corrected chi connectivity index (χ0v) is 15.6. The first kappa shape index (κ1) is 17.6. The molecule has 2 unspecified atom stereocenters. The van der Waals surface area contributed by atoms with Crippen LogP contribution in [-0.2, 0) is 11.3 Å². The maximum Gasteiger partial charge on any atom is 0.290 e. The second-order valence-corrected chi connectivity index (χ2v) is 6.96. The van der Waals surface area contributed by atoms with Gasteiger partial charge in [-0.3, -0.25) is 4.79 Å². The number of carbonyl (C=O) groups excluding carboxylic acids is 1. The number of para-hydroxylation sites is 2. The van der Waals surface area contributed by atoms with E-state index in [1.807, 2.05) is 73.3 Å². The molecule has 1 fully saturated rings. The van der Waals surface area contributed by atoms with Crippen molar-refractivity contribution in [2.24, 2.45) is 0 Å². The number of ether oxygens (including phenoxy) is 2. The molecule has 5 heteroatoms. The Kier molecular flexibility index (Phi) is 4.86. The highest BCUT2D eigenvalue weighted by Crippen LogP contribution is 2.29. The minimum atomic E-state index is -0.111. The molecule has 0 bridgehead atoms. The van der Waals surface area contributed by atoms with Gasteiger partial charge in [0.2, 0.25) is 0 Å². The molecule has 3 aromatic rings. The van der Waals surface area contributed by atoms with Gasteiger partial charge in [-0.1, -0.05) is 36.4 Å². The van der Waals surface area contributed by atoms with Crippen molar-refractivity contribution >= 4 is 16.9 Å². The van der Waals surface area contributed by atoms with E-state index in [1.54, 1.807) is 0 Å². The molecule has 2 heterocycles. The van der Waals surface area contributed by atoms with Gasteiger partial charge < -0.3 is 18.8 Å². The lowest BCUT2D eigenvalue weighted by molar-refractivity contribution is -0.0396. The predicted molar refractivity (Wildman–Crippen MR) is 103 cm³/mol. The van der Waals surface area contributed by atoms with Crippen molar-refractivity contribution in [3.8, 4) is 5.75 Å². The smallest absolute Gasteiger partial charge is 0.290 e. The number of fused-ring (bicyclic) bond motifs is 1. The summed E-state index contributed by atoms with van der Waals surface area (Å²) in [6, 6.07) is 17.3. The predicted octanol–water partition coefficient (Wildman–Crippen LogP) is 4.26. The number of hydrogen-bond acceptors (Lipinski definition) is 4. The third-order valence-corrected chi connectivity index (χ3v) is 4.89. The standard InChI is InChI=1S/C22H23NO4/c1-15-13-25-16(2)12-23(15)22(24)21-19(14-26-17-8-4-3-5-9-17)18-10-6-7-11-20(18)27-21/h3-11,15-16H,12-14H2,1-2H3. The average molecular weight is 365 g/mol. The van der Waals surface area contributed by atoms with Crippen molar-refractivity contribution in [1.82, 2.24) is 4.90 Å². The molecular weight excluding hydrogens is 342 g/mol. The molecule has 0 N–H and O–H groups in total. The Morgan fingerprint density at radius 1 is 1.11 bits per heavy atom. The molecule has 0 saturated carbocycles. The maximum absolute atomic E-state index is 13.3. The van der Waals surface area contributed by atoms with Gasteiger partial charge in [-0.25, -0.2) is 0 Å². The second kappa shape index (κ2) is 7.45. The summed E-state index contributed by atoms with van der Waals surface area (Å²) in [5.74, 6) is 1.00. The summed E-state index contributed by atoms with van der Waals surface area (Å²) in [4.78, 5) is 15.1. The summed E-state index contributed by atoms with van der Waals surface area (Å²) >= 11 is 0. The van der Waals surface area contributed by atoms with Crippen LogP contribution in [0.4, 0.5) is 0 Å². The van der Waals surface area contributed by atoms with Crippen LogP contribution >= 0.6 is 0 Å². The zero-order valence-electron chi connectivity index (χ0n) is 15.6. The Labute approximate surface area is 158 Å². The van der Waals surface area contributed by atoms with Crippen LogP contribution in [0.3, 0.4) is 0 Å². The summed E-state index contributed by atoms with van der Waals surface area (Å²) in [5.41, 5.74) is 1.48. The Hall–Kier alpha value is -2.79. The first-order valence-corrected chi connectivity index (χ1v) is 9.24. The van der Waals surface area contributed by atoms with Gasteiger partial charge >= 0.3 is 0 Å². The van der Waals surface area contributed by atoms with Gasteiger partial charge in [-0.15, -0.1) is 0 Å².